The molecule has 2 aliphatic rings. The number of hydrogen-bond acceptors (Lipinski definition) is 6. The maximum atomic E-state index is 6.08. The molecule has 0 saturated carbocycles. The molecule has 3 heterocycles. The van der Waals surface area contributed by atoms with E-state index >= 15 is 0 Å². The number of aromatic nitrogens is 1. The lowest BCUT2D eigenvalue weighted by molar-refractivity contribution is 0.170. The summed E-state index contributed by atoms with van der Waals surface area (Å²) in [6.45, 7) is 9.57. The molecule has 6 heteroatoms. The van der Waals surface area contributed by atoms with Gasteiger partial charge < -0.3 is 14.2 Å². The predicted octanol–water partition coefficient (Wildman–Crippen LogP) is 4.27. The lowest BCUT2D eigenvalue weighted by Crippen LogP contribution is -2.25. The Morgan fingerprint density at radius 1 is 0.788 bits per heavy atom. The van der Waals surface area contributed by atoms with Gasteiger partial charge in [-0.05, 0) is 59.6 Å². The van der Waals surface area contributed by atoms with Crippen molar-refractivity contribution in [2.75, 3.05) is 32.9 Å². The number of ether oxygens (including phenoxy) is 3. The molecule has 3 aromatic rings. The fraction of sp³-hybridized carbons (Fsp3) is 0.370. The van der Waals surface area contributed by atoms with Gasteiger partial charge in [-0.2, -0.15) is 0 Å². The Kier molecular flexibility index (Phi) is 6.74. The van der Waals surface area contributed by atoms with Crippen LogP contribution in [0.5, 0.6) is 17.2 Å². The van der Waals surface area contributed by atoms with Crippen LogP contribution in [0.3, 0.4) is 0 Å². The van der Waals surface area contributed by atoms with Crippen LogP contribution in [0.15, 0.2) is 60.9 Å². The molecule has 0 saturated heterocycles. The second-order valence-corrected chi connectivity index (χ2v) is 8.64. The number of hydrogen-bond donors (Lipinski definition) is 0. The normalized spacial score (nSPS) is 15.6. The molecule has 0 bridgehead atoms. The fourth-order valence-electron chi connectivity index (χ4n) is 4.46. The maximum Gasteiger partial charge on any atom is 0.161 e. The zero-order valence-electron chi connectivity index (χ0n) is 19.2. The van der Waals surface area contributed by atoms with E-state index in [1.807, 2.05) is 18.5 Å². The number of fused-ring (bicyclic) bond motifs is 2. The van der Waals surface area contributed by atoms with Crippen LogP contribution in [-0.2, 0) is 26.2 Å². The summed E-state index contributed by atoms with van der Waals surface area (Å²) >= 11 is 0. The minimum Gasteiger partial charge on any atom is -0.492 e. The Morgan fingerprint density at radius 2 is 1.52 bits per heavy atom. The Labute approximate surface area is 195 Å². The molecule has 172 valence electrons. The van der Waals surface area contributed by atoms with Crippen molar-refractivity contribution in [3.05, 3.63) is 83.2 Å². The van der Waals surface area contributed by atoms with Gasteiger partial charge in [-0.25, -0.2) is 0 Å². The van der Waals surface area contributed by atoms with E-state index in [0.717, 1.165) is 56.5 Å². The molecule has 5 rings (SSSR count). The van der Waals surface area contributed by atoms with Gasteiger partial charge in [-0.1, -0.05) is 19.1 Å². The van der Waals surface area contributed by atoms with Crippen LogP contribution >= 0.6 is 0 Å². The van der Waals surface area contributed by atoms with Gasteiger partial charge in [-0.15, -0.1) is 0 Å². The molecule has 6 nitrogen and oxygen atoms in total. The maximum absolute atomic E-state index is 6.08. The molecule has 33 heavy (non-hydrogen) atoms. The summed E-state index contributed by atoms with van der Waals surface area (Å²) in [4.78, 5) is 9.01. The molecule has 2 aromatic carbocycles. The van der Waals surface area contributed by atoms with Crippen molar-refractivity contribution in [1.82, 2.24) is 14.8 Å². The molecule has 0 spiro atoms. The summed E-state index contributed by atoms with van der Waals surface area (Å²) < 4.78 is 17.5. The minimum atomic E-state index is 0.611. The van der Waals surface area contributed by atoms with Crippen LogP contribution in [0.4, 0.5) is 0 Å². The van der Waals surface area contributed by atoms with E-state index in [4.69, 9.17) is 14.2 Å². The van der Waals surface area contributed by atoms with Crippen LogP contribution in [-0.4, -0.2) is 47.7 Å². The van der Waals surface area contributed by atoms with E-state index in [2.05, 4.69) is 64.2 Å². The molecule has 0 N–H and O–H groups in total. The summed E-state index contributed by atoms with van der Waals surface area (Å²) in [5, 5.41) is 0. The highest BCUT2D eigenvalue weighted by Gasteiger charge is 2.18. The molecular weight excluding hydrogens is 414 g/mol. The van der Waals surface area contributed by atoms with Crippen LogP contribution in [0.1, 0.15) is 29.2 Å². The lowest BCUT2D eigenvalue weighted by Gasteiger charge is -2.23. The van der Waals surface area contributed by atoms with Gasteiger partial charge in [0.25, 0.3) is 0 Å². The van der Waals surface area contributed by atoms with Crippen molar-refractivity contribution in [3.8, 4) is 17.2 Å². The third-order valence-corrected chi connectivity index (χ3v) is 6.21. The van der Waals surface area contributed by atoms with Crippen molar-refractivity contribution in [1.29, 1.82) is 0 Å². The topological polar surface area (TPSA) is 47.1 Å². The summed E-state index contributed by atoms with van der Waals surface area (Å²) in [5.74, 6) is 2.69. The summed E-state index contributed by atoms with van der Waals surface area (Å²) in [5.41, 5.74) is 5.08. The van der Waals surface area contributed by atoms with Gasteiger partial charge in [0.05, 0.1) is 0 Å². The number of benzene rings is 2. The Balaban J connectivity index is 1.27. The zero-order chi connectivity index (χ0) is 22.5. The van der Waals surface area contributed by atoms with E-state index in [-0.39, 0.29) is 0 Å². The van der Waals surface area contributed by atoms with Gasteiger partial charge >= 0.3 is 0 Å². The van der Waals surface area contributed by atoms with E-state index < -0.39 is 0 Å². The molecule has 1 aromatic heterocycles. The number of pyridine rings is 1. The van der Waals surface area contributed by atoms with Crippen LogP contribution in [0.2, 0.25) is 0 Å². The molecule has 0 amide bonds. The molecule has 0 radical (unpaired) electrons. The highest BCUT2D eigenvalue weighted by Crippen LogP contribution is 2.32. The van der Waals surface area contributed by atoms with E-state index in [0.29, 0.717) is 19.8 Å². The Bertz CT molecular complexity index is 1070. The third-order valence-electron chi connectivity index (χ3n) is 6.21. The van der Waals surface area contributed by atoms with Crippen LogP contribution in [0, 0.1) is 0 Å². The largest absolute Gasteiger partial charge is 0.492 e. The highest BCUT2D eigenvalue weighted by atomic mass is 16.6. The fourth-order valence-corrected chi connectivity index (χ4v) is 4.46. The summed E-state index contributed by atoms with van der Waals surface area (Å²) in [7, 11) is 0. The Hall–Kier alpha value is -3.09. The van der Waals surface area contributed by atoms with Crippen LogP contribution in [0.25, 0.3) is 0 Å². The molecular formula is C27H31N3O3. The SMILES string of the molecule is CCN(Cc1ccncc1)Cc1ccc2c(c1)CN(Cc1ccc3c(c1)OCCO3)CCO2. The van der Waals surface area contributed by atoms with Crippen molar-refractivity contribution >= 4 is 0 Å². The lowest BCUT2D eigenvalue weighted by atomic mass is 10.1. The quantitative estimate of drug-likeness (QED) is 0.541. The predicted molar refractivity (Wildman–Crippen MR) is 128 cm³/mol. The van der Waals surface area contributed by atoms with Gasteiger partial charge in [0.15, 0.2) is 11.5 Å². The first-order chi connectivity index (χ1) is 16.3. The standard InChI is InChI=1S/C27H31N3O3/c1-2-29(17-21-7-9-28-10-8-21)18-22-3-5-25-24(15-22)20-30(11-12-31-25)19-23-4-6-26-27(16-23)33-14-13-32-26/h3-10,15-16H,2,11-14,17-20H2,1H3. The van der Waals surface area contributed by atoms with Gasteiger partial charge in [0.2, 0.25) is 0 Å². The van der Waals surface area contributed by atoms with E-state index in [1.54, 1.807) is 0 Å². The Morgan fingerprint density at radius 3 is 2.36 bits per heavy atom. The first kappa shape index (κ1) is 21.7. The van der Waals surface area contributed by atoms with Crippen molar-refractivity contribution in [3.63, 3.8) is 0 Å². The average molecular weight is 446 g/mol. The molecule has 0 unspecified atom stereocenters. The van der Waals surface area contributed by atoms with Gasteiger partial charge in [-0.3, -0.25) is 14.8 Å². The first-order valence-electron chi connectivity index (χ1n) is 11.7. The number of nitrogens with zero attached hydrogens (tertiary/aromatic N) is 3. The third kappa shape index (κ3) is 5.46. The second-order valence-electron chi connectivity index (χ2n) is 8.64. The second kappa shape index (κ2) is 10.2. The van der Waals surface area contributed by atoms with Crippen molar-refractivity contribution in [2.24, 2.45) is 0 Å². The molecule has 0 fully saturated rings. The average Bonchev–Trinajstić information content (AvgIpc) is 3.05. The van der Waals surface area contributed by atoms with Crippen molar-refractivity contribution in [2.45, 2.75) is 33.1 Å². The first-order valence-corrected chi connectivity index (χ1v) is 11.7. The zero-order valence-corrected chi connectivity index (χ0v) is 19.2. The number of rotatable bonds is 7. The highest BCUT2D eigenvalue weighted by molar-refractivity contribution is 5.44. The van der Waals surface area contributed by atoms with Gasteiger partial charge in [0, 0.05) is 50.7 Å². The smallest absolute Gasteiger partial charge is 0.161 e. The van der Waals surface area contributed by atoms with E-state index in [9.17, 15) is 0 Å². The van der Waals surface area contributed by atoms with Crippen molar-refractivity contribution < 1.29 is 14.2 Å². The van der Waals surface area contributed by atoms with E-state index in [1.165, 1.54) is 22.3 Å². The molecule has 2 aliphatic heterocycles. The molecule has 0 aliphatic carbocycles. The minimum absolute atomic E-state index is 0.611. The summed E-state index contributed by atoms with van der Waals surface area (Å²) in [6, 6.07) is 17.1. The van der Waals surface area contributed by atoms with Gasteiger partial charge in [0.1, 0.15) is 25.6 Å². The van der Waals surface area contributed by atoms with Crippen LogP contribution < -0.4 is 14.2 Å². The monoisotopic (exact) mass is 445 g/mol. The molecule has 0 atom stereocenters. The summed E-state index contributed by atoms with van der Waals surface area (Å²) in [6.07, 6.45) is 3.72.